The molecule has 1 aliphatic rings. The van der Waals surface area contributed by atoms with Gasteiger partial charge in [-0.3, -0.25) is 0 Å². The Morgan fingerprint density at radius 3 is 1.15 bits per heavy atom. The van der Waals surface area contributed by atoms with Crippen LogP contribution in [0, 0.1) is 0 Å². The van der Waals surface area contributed by atoms with Crippen molar-refractivity contribution in [2.24, 2.45) is 0 Å². The molecule has 248 valence electrons. The summed E-state index contributed by atoms with van der Waals surface area (Å²) in [6, 6.07) is 80.3. The molecule has 0 nitrogen and oxygen atoms in total. The first-order valence-corrected chi connectivity index (χ1v) is 18.4. The van der Waals surface area contributed by atoms with E-state index in [-0.39, 0.29) is 0 Å². The molecule has 1 aliphatic carbocycles. The van der Waals surface area contributed by atoms with Gasteiger partial charge in [0.2, 0.25) is 0 Å². The molecule has 0 heteroatoms. The first-order valence-electron chi connectivity index (χ1n) is 18.4. The SMILES string of the molecule is c1ccc(-c2ccc(-c3ccc4c(c3)C(c3ccccc3)(c3ccccc3)c3c-4ccc4cc(-c5ccc(-c6ccccc6)cc5)ccc34)cc2)cc1. The normalized spacial score (nSPS) is 12.7. The van der Waals surface area contributed by atoms with E-state index in [1.165, 1.54) is 88.7 Å². The number of rotatable bonds is 6. The van der Waals surface area contributed by atoms with Crippen molar-refractivity contribution in [2.75, 3.05) is 0 Å². The summed E-state index contributed by atoms with van der Waals surface area (Å²) in [7, 11) is 0. The highest BCUT2D eigenvalue weighted by Gasteiger charge is 2.47. The fraction of sp³-hybridized carbons (Fsp3) is 0.0189. The van der Waals surface area contributed by atoms with Crippen LogP contribution in [0.25, 0.3) is 66.4 Å². The second-order valence-corrected chi connectivity index (χ2v) is 14.1. The fourth-order valence-corrected chi connectivity index (χ4v) is 8.66. The van der Waals surface area contributed by atoms with Gasteiger partial charge in [-0.15, -0.1) is 0 Å². The third-order valence-corrected chi connectivity index (χ3v) is 11.2. The van der Waals surface area contributed by atoms with Crippen molar-refractivity contribution < 1.29 is 0 Å². The van der Waals surface area contributed by atoms with Crippen LogP contribution in [0.5, 0.6) is 0 Å². The molecule has 0 radical (unpaired) electrons. The van der Waals surface area contributed by atoms with E-state index >= 15 is 0 Å². The molecule has 0 bridgehead atoms. The zero-order valence-electron chi connectivity index (χ0n) is 29.3. The summed E-state index contributed by atoms with van der Waals surface area (Å²) in [6.45, 7) is 0. The third-order valence-electron chi connectivity index (χ3n) is 11.2. The quantitative estimate of drug-likeness (QED) is 0.165. The van der Waals surface area contributed by atoms with Crippen molar-refractivity contribution in [1.29, 1.82) is 0 Å². The monoisotopic (exact) mass is 672 g/mol. The lowest BCUT2D eigenvalue weighted by Crippen LogP contribution is -2.28. The first-order chi connectivity index (χ1) is 26.3. The second kappa shape index (κ2) is 12.8. The Balaban J connectivity index is 1.16. The lowest BCUT2D eigenvalue weighted by Gasteiger charge is -2.35. The summed E-state index contributed by atoms with van der Waals surface area (Å²) >= 11 is 0. The van der Waals surface area contributed by atoms with Crippen molar-refractivity contribution >= 4 is 10.8 Å². The van der Waals surface area contributed by atoms with E-state index < -0.39 is 5.41 Å². The number of hydrogen-bond donors (Lipinski definition) is 0. The first kappa shape index (κ1) is 31.0. The molecule has 0 saturated carbocycles. The minimum atomic E-state index is -0.508. The van der Waals surface area contributed by atoms with Gasteiger partial charge >= 0.3 is 0 Å². The van der Waals surface area contributed by atoms with Gasteiger partial charge in [-0.1, -0.05) is 206 Å². The van der Waals surface area contributed by atoms with Gasteiger partial charge < -0.3 is 0 Å². The summed E-state index contributed by atoms with van der Waals surface area (Å²) in [6.07, 6.45) is 0. The molecule has 53 heavy (non-hydrogen) atoms. The molecule has 0 amide bonds. The van der Waals surface area contributed by atoms with Gasteiger partial charge in [0.25, 0.3) is 0 Å². The maximum atomic E-state index is 2.46. The molecule has 10 rings (SSSR count). The van der Waals surface area contributed by atoms with Crippen molar-refractivity contribution in [3.63, 3.8) is 0 Å². The molecule has 0 atom stereocenters. The van der Waals surface area contributed by atoms with Crippen molar-refractivity contribution in [3.05, 3.63) is 241 Å². The summed E-state index contributed by atoms with van der Waals surface area (Å²) in [5.41, 5.74) is 17.1. The van der Waals surface area contributed by atoms with Crippen LogP contribution in [-0.4, -0.2) is 0 Å². The van der Waals surface area contributed by atoms with E-state index in [1.54, 1.807) is 0 Å². The topological polar surface area (TPSA) is 0 Å². The minimum absolute atomic E-state index is 0.508. The standard InChI is InChI=1S/C53H36/c1-5-13-37(14-6-1)39-21-25-41(26-22-39)43-29-32-48-45(35-43)31-34-50-49-33-30-44(42-27-23-40(24-28-42)38-15-7-2-8-16-38)36-51(49)53(52(48)50,46-17-9-3-10-18-46)47-19-11-4-12-20-47/h1-36H. The third kappa shape index (κ3) is 5.14. The average Bonchev–Trinajstić information content (AvgIpc) is 3.56. The van der Waals surface area contributed by atoms with E-state index in [4.69, 9.17) is 0 Å². The van der Waals surface area contributed by atoms with E-state index in [2.05, 4.69) is 218 Å². The van der Waals surface area contributed by atoms with Gasteiger partial charge in [0.15, 0.2) is 0 Å². The zero-order chi connectivity index (χ0) is 35.2. The van der Waals surface area contributed by atoms with Gasteiger partial charge in [-0.2, -0.15) is 0 Å². The van der Waals surface area contributed by atoms with Crippen LogP contribution >= 0.6 is 0 Å². The lowest BCUT2D eigenvalue weighted by atomic mass is 9.66. The lowest BCUT2D eigenvalue weighted by molar-refractivity contribution is 0.776. The molecule has 0 unspecified atom stereocenters. The maximum Gasteiger partial charge on any atom is 0.0719 e. The second-order valence-electron chi connectivity index (χ2n) is 14.1. The van der Waals surface area contributed by atoms with Crippen molar-refractivity contribution in [2.45, 2.75) is 5.41 Å². The Morgan fingerprint density at radius 1 is 0.264 bits per heavy atom. The van der Waals surface area contributed by atoms with Crippen molar-refractivity contribution in [3.8, 4) is 55.6 Å². The van der Waals surface area contributed by atoms with Crippen LogP contribution in [0.15, 0.2) is 218 Å². The highest BCUT2D eigenvalue weighted by Crippen LogP contribution is 2.58. The molecule has 0 fully saturated rings. The maximum absolute atomic E-state index is 2.46. The van der Waals surface area contributed by atoms with Crippen molar-refractivity contribution in [1.82, 2.24) is 0 Å². The molecular weight excluding hydrogens is 637 g/mol. The summed E-state index contributed by atoms with van der Waals surface area (Å²) in [5.74, 6) is 0. The molecule has 0 aliphatic heterocycles. The van der Waals surface area contributed by atoms with E-state index in [1.807, 2.05) is 0 Å². The van der Waals surface area contributed by atoms with E-state index in [0.29, 0.717) is 0 Å². The Labute approximate surface area is 311 Å². The molecule has 9 aromatic carbocycles. The zero-order valence-corrected chi connectivity index (χ0v) is 29.3. The molecule has 0 heterocycles. The van der Waals surface area contributed by atoms with Gasteiger partial charge in [-0.25, -0.2) is 0 Å². The molecular formula is C53H36. The predicted octanol–water partition coefficient (Wildman–Crippen LogP) is 13.9. The molecule has 0 N–H and O–H groups in total. The van der Waals surface area contributed by atoms with Gasteiger partial charge in [0.1, 0.15) is 0 Å². The Bertz CT molecular complexity index is 2670. The van der Waals surface area contributed by atoms with Crippen LogP contribution in [0.2, 0.25) is 0 Å². The Hall–Kier alpha value is -6.76. The molecule has 0 saturated heterocycles. The Morgan fingerprint density at radius 2 is 0.642 bits per heavy atom. The smallest absolute Gasteiger partial charge is 0.0622 e. The van der Waals surface area contributed by atoms with Crippen LogP contribution in [-0.2, 0) is 5.41 Å². The van der Waals surface area contributed by atoms with Gasteiger partial charge in [0.05, 0.1) is 5.41 Å². The number of fused-ring (bicyclic) bond motifs is 5. The molecule has 0 aromatic heterocycles. The summed E-state index contributed by atoms with van der Waals surface area (Å²) in [5, 5.41) is 2.53. The van der Waals surface area contributed by atoms with Gasteiger partial charge in [-0.05, 0) is 101 Å². The highest BCUT2D eigenvalue weighted by atomic mass is 14.5. The molecule has 9 aromatic rings. The fourth-order valence-electron chi connectivity index (χ4n) is 8.66. The van der Waals surface area contributed by atoms with Crippen LogP contribution in [0.1, 0.15) is 22.3 Å². The number of hydrogen-bond acceptors (Lipinski definition) is 0. The summed E-state index contributed by atoms with van der Waals surface area (Å²) in [4.78, 5) is 0. The predicted molar refractivity (Wildman–Crippen MR) is 223 cm³/mol. The minimum Gasteiger partial charge on any atom is -0.0622 e. The van der Waals surface area contributed by atoms with Crippen LogP contribution in [0.4, 0.5) is 0 Å². The van der Waals surface area contributed by atoms with Crippen LogP contribution < -0.4 is 0 Å². The van der Waals surface area contributed by atoms with E-state index in [0.717, 1.165) is 0 Å². The van der Waals surface area contributed by atoms with E-state index in [9.17, 15) is 0 Å². The summed E-state index contributed by atoms with van der Waals surface area (Å²) < 4.78 is 0. The number of benzene rings is 9. The highest BCUT2D eigenvalue weighted by molar-refractivity contribution is 6.02. The average molecular weight is 673 g/mol. The van der Waals surface area contributed by atoms with Crippen LogP contribution in [0.3, 0.4) is 0 Å². The molecule has 0 spiro atoms. The van der Waals surface area contributed by atoms with Gasteiger partial charge in [0, 0.05) is 0 Å². The Kier molecular flexibility index (Phi) is 7.48. The largest absolute Gasteiger partial charge is 0.0719 e.